The van der Waals surface area contributed by atoms with Crippen LogP contribution in [0.25, 0.3) is 0 Å². The molecule has 3 heterocycles. The van der Waals surface area contributed by atoms with Gasteiger partial charge in [-0.1, -0.05) is 25.1 Å². The summed E-state index contributed by atoms with van der Waals surface area (Å²) in [5.74, 6) is 0. The minimum absolute atomic E-state index is 0.259. The van der Waals surface area contributed by atoms with Crippen molar-refractivity contribution >= 4 is 17.0 Å². The fraction of sp³-hybridized carbons (Fsp3) is 0.375. The zero-order chi connectivity index (χ0) is 12.9. The third-order valence-electron chi connectivity index (χ3n) is 4.78. The first-order valence-electron chi connectivity index (χ1n) is 6.90. The molecule has 0 radical (unpaired) electrons. The number of fused-ring (bicyclic) bond motifs is 3. The Balaban J connectivity index is 1.87. The summed E-state index contributed by atoms with van der Waals surface area (Å²) >= 11 is 1.79. The number of hydrogen-bond acceptors (Lipinski definition) is 3. The highest BCUT2D eigenvalue weighted by atomic mass is 32.1. The largest absolute Gasteiger partial charge is 0.377 e. The second-order valence-corrected chi connectivity index (χ2v) is 6.64. The average molecular weight is 270 g/mol. The molecule has 0 spiro atoms. The molecule has 1 aromatic carbocycles. The summed E-state index contributed by atoms with van der Waals surface area (Å²) in [4.78, 5) is 0. The van der Waals surface area contributed by atoms with Crippen LogP contribution in [0.3, 0.4) is 0 Å². The van der Waals surface area contributed by atoms with Gasteiger partial charge in [-0.25, -0.2) is 0 Å². The summed E-state index contributed by atoms with van der Waals surface area (Å²) in [5.41, 5.74) is 4.40. The molecule has 19 heavy (non-hydrogen) atoms. The van der Waals surface area contributed by atoms with Crippen molar-refractivity contribution in [3.05, 3.63) is 52.2 Å². The van der Waals surface area contributed by atoms with E-state index in [1.807, 2.05) is 0 Å². The summed E-state index contributed by atoms with van der Waals surface area (Å²) in [6.07, 6.45) is 1.22. The standard InChI is InChI=1S/C16H18N2S/c1-16-7-8-17-15(16)12-4-2-3-5-13(12)18-14(16)11-6-9-19-10-11/h2-6,9-10,14-15,17-18H,7-8H2,1H3. The smallest absolute Gasteiger partial charge is 0.0594 e. The molecule has 3 unspecified atom stereocenters. The van der Waals surface area contributed by atoms with E-state index in [-0.39, 0.29) is 5.41 Å². The van der Waals surface area contributed by atoms with Crippen molar-refractivity contribution in [2.45, 2.75) is 25.4 Å². The van der Waals surface area contributed by atoms with Crippen LogP contribution >= 0.6 is 11.3 Å². The van der Waals surface area contributed by atoms with Crippen LogP contribution in [0.1, 0.15) is 36.6 Å². The zero-order valence-corrected chi connectivity index (χ0v) is 11.8. The first kappa shape index (κ1) is 11.5. The van der Waals surface area contributed by atoms with E-state index >= 15 is 0 Å². The van der Waals surface area contributed by atoms with E-state index < -0.39 is 0 Å². The molecule has 2 aliphatic rings. The number of thiophene rings is 1. The van der Waals surface area contributed by atoms with Gasteiger partial charge in [-0.05, 0) is 47.0 Å². The molecule has 4 rings (SSSR count). The molecule has 1 aromatic heterocycles. The van der Waals surface area contributed by atoms with Crippen molar-refractivity contribution in [1.82, 2.24) is 5.32 Å². The van der Waals surface area contributed by atoms with E-state index in [1.165, 1.54) is 23.2 Å². The second kappa shape index (κ2) is 4.09. The average Bonchev–Trinajstić information content (AvgIpc) is 3.06. The minimum atomic E-state index is 0.259. The predicted octanol–water partition coefficient (Wildman–Crippen LogP) is 3.96. The lowest BCUT2D eigenvalue weighted by molar-refractivity contribution is 0.227. The molecular weight excluding hydrogens is 252 g/mol. The van der Waals surface area contributed by atoms with Gasteiger partial charge in [-0.15, -0.1) is 0 Å². The number of para-hydroxylation sites is 1. The zero-order valence-electron chi connectivity index (χ0n) is 11.0. The number of anilines is 1. The van der Waals surface area contributed by atoms with Gasteiger partial charge in [-0.2, -0.15) is 11.3 Å². The number of hydrogen-bond donors (Lipinski definition) is 2. The van der Waals surface area contributed by atoms with Gasteiger partial charge in [0.25, 0.3) is 0 Å². The Labute approximate surface area is 117 Å². The molecule has 0 aliphatic carbocycles. The predicted molar refractivity (Wildman–Crippen MR) is 80.6 cm³/mol. The van der Waals surface area contributed by atoms with Crippen LogP contribution in [0.5, 0.6) is 0 Å². The third kappa shape index (κ3) is 1.58. The lowest BCUT2D eigenvalue weighted by Gasteiger charge is -2.45. The lowest BCUT2D eigenvalue weighted by Crippen LogP contribution is -2.40. The fourth-order valence-corrected chi connectivity index (χ4v) is 4.43. The second-order valence-electron chi connectivity index (χ2n) is 5.86. The molecule has 0 amide bonds. The van der Waals surface area contributed by atoms with Gasteiger partial charge >= 0.3 is 0 Å². The summed E-state index contributed by atoms with van der Waals surface area (Å²) in [6, 6.07) is 11.9. The van der Waals surface area contributed by atoms with Crippen LogP contribution in [-0.2, 0) is 0 Å². The van der Waals surface area contributed by atoms with Gasteiger partial charge in [0.05, 0.1) is 6.04 Å². The van der Waals surface area contributed by atoms with Crippen molar-refractivity contribution in [3.8, 4) is 0 Å². The van der Waals surface area contributed by atoms with Crippen LogP contribution in [0.4, 0.5) is 5.69 Å². The van der Waals surface area contributed by atoms with Crippen LogP contribution in [0.2, 0.25) is 0 Å². The Morgan fingerprint density at radius 1 is 1.21 bits per heavy atom. The fourth-order valence-electron chi connectivity index (χ4n) is 3.74. The maximum atomic E-state index is 3.78. The summed E-state index contributed by atoms with van der Waals surface area (Å²) in [7, 11) is 0. The molecule has 1 saturated heterocycles. The number of nitrogens with one attached hydrogen (secondary N) is 2. The summed E-state index contributed by atoms with van der Waals surface area (Å²) in [6.45, 7) is 3.53. The Kier molecular flexibility index (Phi) is 2.47. The normalized spacial score (nSPS) is 32.5. The van der Waals surface area contributed by atoms with E-state index in [9.17, 15) is 0 Å². The van der Waals surface area contributed by atoms with E-state index in [0.29, 0.717) is 12.1 Å². The van der Waals surface area contributed by atoms with Crippen molar-refractivity contribution in [2.24, 2.45) is 5.41 Å². The van der Waals surface area contributed by atoms with Crippen molar-refractivity contribution in [2.75, 3.05) is 11.9 Å². The van der Waals surface area contributed by atoms with E-state index in [0.717, 1.165) is 6.54 Å². The Morgan fingerprint density at radius 3 is 2.95 bits per heavy atom. The molecule has 0 bridgehead atoms. The molecule has 2 N–H and O–H groups in total. The Hall–Kier alpha value is -1.32. The molecule has 3 atom stereocenters. The molecule has 1 fully saturated rings. The van der Waals surface area contributed by atoms with Gasteiger partial charge in [0.15, 0.2) is 0 Å². The van der Waals surface area contributed by atoms with Crippen LogP contribution < -0.4 is 10.6 Å². The maximum absolute atomic E-state index is 3.78. The molecule has 98 valence electrons. The van der Waals surface area contributed by atoms with E-state index in [1.54, 1.807) is 11.3 Å². The van der Waals surface area contributed by atoms with Crippen molar-refractivity contribution in [3.63, 3.8) is 0 Å². The summed E-state index contributed by atoms with van der Waals surface area (Å²) < 4.78 is 0. The third-order valence-corrected chi connectivity index (χ3v) is 5.48. The van der Waals surface area contributed by atoms with E-state index in [2.05, 4.69) is 58.6 Å². The van der Waals surface area contributed by atoms with E-state index in [4.69, 9.17) is 0 Å². The number of benzene rings is 1. The molecule has 0 saturated carbocycles. The highest BCUT2D eigenvalue weighted by molar-refractivity contribution is 7.08. The van der Waals surface area contributed by atoms with Crippen molar-refractivity contribution in [1.29, 1.82) is 0 Å². The monoisotopic (exact) mass is 270 g/mol. The first-order valence-corrected chi connectivity index (χ1v) is 7.84. The topological polar surface area (TPSA) is 24.1 Å². The Morgan fingerprint density at radius 2 is 2.11 bits per heavy atom. The van der Waals surface area contributed by atoms with Crippen LogP contribution in [-0.4, -0.2) is 6.54 Å². The highest BCUT2D eigenvalue weighted by Crippen LogP contribution is 2.55. The molecule has 2 aromatic rings. The van der Waals surface area contributed by atoms with Gasteiger partial charge in [0, 0.05) is 17.1 Å². The van der Waals surface area contributed by atoms with Gasteiger partial charge < -0.3 is 10.6 Å². The Bertz CT molecular complexity index is 593. The van der Waals surface area contributed by atoms with Gasteiger partial charge in [0.1, 0.15) is 0 Å². The minimum Gasteiger partial charge on any atom is -0.377 e. The molecular formula is C16H18N2S. The number of rotatable bonds is 1. The molecule has 3 heteroatoms. The van der Waals surface area contributed by atoms with Crippen LogP contribution in [0.15, 0.2) is 41.1 Å². The highest BCUT2D eigenvalue weighted by Gasteiger charge is 2.49. The first-order chi connectivity index (χ1) is 9.29. The van der Waals surface area contributed by atoms with Crippen molar-refractivity contribution < 1.29 is 0 Å². The summed E-state index contributed by atoms with van der Waals surface area (Å²) in [5, 5.41) is 12.0. The van der Waals surface area contributed by atoms with Gasteiger partial charge in [-0.3, -0.25) is 0 Å². The molecule has 2 nitrogen and oxygen atoms in total. The maximum Gasteiger partial charge on any atom is 0.0594 e. The van der Waals surface area contributed by atoms with Crippen LogP contribution in [0, 0.1) is 5.41 Å². The lowest BCUT2D eigenvalue weighted by atomic mass is 9.69. The quantitative estimate of drug-likeness (QED) is 0.819. The van der Waals surface area contributed by atoms with Gasteiger partial charge in [0.2, 0.25) is 0 Å². The SMILES string of the molecule is CC12CCNC1c1ccccc1NC2c1ccsc1. The molecule has 2 aliphatic heterocycles.